The van der Waals surface area contributed by atoms with Crippen molar-refractivity contribution in [3.63, 3.8) is 0 Å². The van der Waals surface area contributed by atoms with Crippen LogP contribution in [0.25, 0.3) is 11.3 Å². The van der Waals surface area contributed by atoms with Gasteiger partial charge in [-0.05, 0) is 49.2 Å². The number of piperidine rings is 1. The van der Waals surface area contributed by atoms with Gasteiger partial charge in [-0.3, -0.25) is 9.59 Å². The van der Waals surface area contributed by atoms with Crippen molar-refractivity contribution >= 4 is 34.0 Å². The van der Waals surface area contributed by atoms with Crippen molar-refractivity contribution in [3.05, 3.63) is 47.3 Å². The monoisotopic (exact) mass is 510 g/mol. The Morgan fingerprint density at radius 1 is 0.972 bits per heavy atom. The fraction of sp³-hybridized carbons (Fsp3) is 0.346. The number of rotatable bonds is 8. The molecule has 0 unspecified atom stereocenters. The zero-order valence-corrected chi connectivity index (χ0v) is 21.6. The van der Waals surface area contributed by atoms with E-state index in [9.17, 15) is 9.59 Å². The Morgan fingerprint density at radius 3 is 2.31 bits per heavy atom. The second-order valence-electron chi connectivity index (χ2n) is 8.33. The summed E-state index contributed by atoms with van der Waals surface area (Å²) in [5.41, 5.74) is 2.84. The molecule has 1 aliphatic heterocycles. The summed E-state index contributed by atoms with van der Waals surface area (Å²) in [5, 5.41) is 8.85. The molecular weight excluding hydrogens is 480 g/mol. The molecule has 2 aromatic carbocycles. The summed E-state index contributed by atoms with van der Waals surface area (Å²) in [6, 6.07) is 10.7. The van der Waals surface area contributed by atoms with E-state index in [2.05, 4.69) is 15.6 Å². The highest BCUT2D eigenvalue weighted by Crippen LogP contribution is 2.33. The number of carbonyl (C=O) groups is 2. The Labute approximate surface area is 214 Å². The number of nitrogens with one attached hydrogen (secondary N) is 2. The Morgan fingerprint density at radius 2 is 1.67 bits per heavy atom. The highest BCUT2D eigenvalue weighted by molar-refractivity contribution is 7.14. The lowest BCUT2D eigenvalue weighted by molar-refractivity contribution is -0.121. The zero-order chi connectivity index (χ0) is 25.7. The molecule has 9 nitrogen and oxygen atoms in total. The molecule has 0 spiro atoms. The molecule has 2 N–H and O–H groups in total. The largest absolute Gasteiger partial charge is 0.495 e. The number of benzene rings is 2. The first-order valence-corrected chi connectivity index (χ1v) is 12.5. The molecule has 0 saturated carbocycles. The number of carbonyl (C=O) groups excluding carboxylic acids is 2. The fourth-order valence-electron chi connectivity index (χ4n) is 4.22. The van der Waals surface area contributed by atoms with Gasteiger partial charge in [0.05, 0.1) is 32.7 Å². The summed E-state index contributed by atoms with van der Waals surface area (Å²) in [6.45, 7) is 0.988. The second-order valence-corrected chi connectivity index (χ2v) is 9.19. The summed E-state index contributed by atoms with van der Waals surface area (Å²) < 4.78 is 16.0. The van der Waals surface area contributed by atoms with Crippen LogP contribution in [-0.2, 0) is 4.79 Å². The van der Waals surface area contributed by atoms with Crippen LogP contribution in [0.4, 0.5) is 10.8 Å². The van der Waals surface area contributed by atoms with E-state index >= 15 is 0 Å². The van der Waals surface area contributed by atoms with E-state index in [1.165, 1.54) is 18.4 Å². The lowest BCUT2D eigenvalue weighted by Gasteiger charge is -2.31. The number of likely N-dealkylation sites (tertiary alicyclic amines) is 1. The summed E-state index contributed by atoms with van der Waals surface area (Å²) in [4.78, 5) is 32.4. The van der Waals surface area contributed by atoms with Gasteiger partial charge in [-0.1, -0.05) is 0 Å². The van der Waals surface area contributed by atoms with Crippen molar-refractivity contribution in [1.29, 1.82) is 0 Å². The van der Waals surface area contributed by atoms with Crippen LogP contribution < -0.4 is 24.8 Å². The van der Waals surface area contributed by atoms with Gasteiger partial charge >= 0.3 is 0 Å². The van der Waals surface area contributed by atoms with E-state index < -0.39 is 0 Å². The lowest BCUT2D eigenvalue weighted by atomic mass is 9.95. The van der Waals surface area contributed by atoms with Crippen LogP contribution in [0, 0.1) is 5.92 Å². The molecule has 0 radical (unpaired) electrons. The van der Waals surface area contributed by atoms with Crippen LogP contribution in [0.3, 0.4) is 0 Å². The molecule has 2 amide bonds. The molecule has 1 aromatic heterocycles. The van der Waals surface area contributed by atoms with Crippen molar-refractivity contribution < 1.29 is 23.8 Å². The molecule has 4 rings (SSSR count). The normalized spacial score (nSPS) is 13.7. The van der Waals surface area contributed by atoms with Crippen molar-refractivity contribution in [1.82, 2.24) is 9.88 Å². The predicted octanol–water partition coefficient (Wildman–Crippen LogP) is 4.37. The summed E-state index contributed by atoms with van der Waals surface area (Å²) in [7, 11) is 6.50. The third-order valence-electron chi connectivity index (χ3n) is 6.25. The smallest absolute Gasteiger partial charge is 0.253 e. The highest BCUT2D eigenvalue weighted by Gasteiger charge is 2.29. The van der Waals surface area contributed by atoms with Gasteiger partial charge in [0.1, 0.15) is 5.75 Å². The van der Waals surface area contributed by atoms with Gasteiger partial charge in [0.2, 0.25) is 5.91 Å². The molecule has 0 atom stereocenters. The van der Waals surface area contributed by atoms with E-state index in [0.717, 1.165) is 16.4 Å². The first-order chi connectivity index (χ1) is 17.5. The van der Waals surface area contributed by atoms with Crippen LogP contribution in [0.5, 0.6) is 17.2 Å². The van der Waals surface area contributed by atoms with E-state index in [4.69, 9.17) is 14.2 Å². The number of amides is 2. The summed E-state index contributed by atoms with van der Waals surface area (Å²) >= 11 is 1.52. The van der Waals surface area contributed by atoms with Gasteiger partial charge < -0.3 is 29.7 Å². The zero-order valence-electron chi connectivity index (χ0n) is 20.8. The van der Waals surface area contributed by atoms with Gasteiger partial charge in [-0.25, -0.2) is 4.98 Å². The number of nitrogens with zero attached hydrogens (tertiary/aromatic N) is 2. The number of anilines is 2. The maximum Gasteiger partial charge on any atom is 0.253 e. The van der Waals surface area contributed by atoms with E-state index in [1.54, 1.807) is 37.3 Å². The maximum absolute atomic E-state index is 13.1. The summed E-state index contributed by atoms with van der Waals surface area (Å²) in [5.74, 6) is 1.28. The van der Waals surface area contributed by atoms with Gasteiger partial charge in [0.25, 0.3) is 5.91 Å². The Hall–Kier alpha value is -3.79. The average molecular weight is 511 g/mol. The molecule has 10 heteroatoms. The minimum atomic E-state index is -0.206. The number of hydrogen-bond donors (Lipinski definition) is 2. The number of ether oxygens (including phenoxy) is 3. The van der Waals surface area contributed by atoms with Crippen LogP contribution in [0.2, 0.25) is 0 Å². The topological polar surface area (TPSA) is 102 Å². The van der Waals surface area contributed by atoms with Crippen molar-refractivity contribution in [2.75, 3.05) is 52.1 Å². The van der Waals surface area contributed by atoms with Crippen molar-refractivity contribution in [2.45, 2.75) is 12.8 Å². The molecule has 1 aliphatic rings. The Bertz CT molecular complexity index is 1240. The van der Waals surface area contributed by atoms with Crippen LogP contribution in [0.15, 0.2) is 41.8 Å². The molecule has 190 valence electrons. The van der Waals surface area contributed by atoms with E-state index in [-0.39, 0.29) is 17.7 Å². The number of hydrogen-bond acceptors (Lipinski definition) is 8. The third-order valence-corrected chi connectivity index (χ3v) is 7.11. The maximum atomic E-state index is 13.1. The molecule has 1 fully saturated rings. The highest BCUT2D eigenvalue weighted by atomic mass is 32.1. The number of thiazole rings is 1. The van der Waals surface area contributed by atoms with Crippen LogP contribution >= 0.6 is 11.3 Å². The van der Waals surface area contributed by atoms with Gasteiger partial charge in [-0.15, -0.1) is 11.3 Å². The number of aromatic nitrogens is 1. The van der Waals surface area contributed by atoms with E-state index in [1.807, 2.05) is 30.6 Å². The van der Waals surface area contributed by atoms with Gasteiger partial charge in [0.15, 0.2) is 16.6 Å². The molecule has 1 saturated heterocycles. The quantitative estimate of drug-likeness (QED) is 0.464. The van der Waals surface area contributed by atoms with E-state index in [0.29, 0.717) is 54.4 Å². The van der Waals surface area contributed by atoms with Crippen molar-refractivity contribution in [3.8, 4) is 28.5 Å². The minimum absolute atomic E-state index is 0.0853. The molecule has 0 bridgehead atoms. The van der Waals surface area contributed by atoms with Crippen LogP contribution in [-0.4, -0.2) is 63.2 Å². The standard InChI is InChI=1S/C26H30N4O5S/c1-27-26-29-20(15-36-26)17-5-7-21(33-2)19(13-17)28-24(31)16-9-11-30(12-10-16)25(32)18-6-8-22(34-3)23(14-18)35-4/h5-8,13-16H,9-12H2,1-4H3,(H,27,29)(H,28,31). The first-order valence-electron chi connectivity index (χ1n) is 11.6. The molecular formula is C26H30N4O5S. The lowest BCUT2D eigenvalue weighted by Crippen LogP contribution is -2.41. The van der Waals surface area contributed by atoms with Gasteiger partial charge in [0, 0.05) is 42.6 Å². The van der Waals surface area contributed by atoms with Crippen LogP contribution in [0.1, 0.15) is 23.2 Å². The predicted molar refractivity (Wildman–Crippen MR) is 140 cm³/mol. The molecule has 2 heterocycles. The molecule has 0 aliphatic carbocycles. The first kappa shape index (κ1) is 25.3. The van der Waals surface area contributed by atoms with Gasteiger partial charge in [-0.2, -0.15) is 0 Å². The minimum Gasteiger partial charge on any atom is -0.495 e. The Balaban J connectivity index is 1.40. The SMILES string of the molecule is CNc1nc(-c2ccc(OC)c(NC(=O)C3CCN(C(=O)c4ccc(OC)c(OC)c4)CC3)c2)cs1. The molecule has 36 heavy (non-hydrogen) atoms. The Kier molecular flexibility index (Phi) is 7.94. The average Bonchev–Trinajstić information content (AvgIpc) is 3.41. The molecule has 3 aromatic rings. The fourth-order valence-corrected chi connectivity index (χ4v) is 4.90. The second kappa shape index (κ2) is 11.3. The number of methoxy groups -OCH3 is 3. The summed E-state index contributed by atoms with van der Waals surface area (Å²) in [6.07, 6.45) is 1.15. The van der Waals surface area contributed by atoms with Crippen molar-refractivity contribution in [2.24, 2.45) is 5.92 Å². The third kappa shape index (κ3) is 5.38.